The molecule has 122 valence electrons. The first-order chi connectivity index (χ1) is 10.3. The molecule has 0 N–H and O–H groups in total. The maximum Gasteiger partial charge on any atom is 0.282 e. The molecule has 0 saturated heterocycles. The van der Waals surface area contributed by atoms with Gasteiger partial charge < -0.3 is 4.84 Å². The molecule has 22 heavy (non-hydrogen) atoms. The van der Waals surface area contributed by atoms with Crippen molar-refractivity contribution in [3.05, 3.63) is 22.5 Å². The summed E-state index contributed by atoms with van der Waals surface area (Å²) in [7, 11) is 0. The summed E-state index contributed by atoms with van der Waals surface area (Å²) in [5, 5.41) is 8.97. The van der Waals surface area contributed by atoms with Crippen molar-refractivity contribution >= 4 is 34.5 Å². The second-order valence-corrected chi connectivity index (χ2v) is 6.88. The van der Waals surface area contributed by atoms with Gasteiger partial charge in [-0.25, -0.2) is 8.78 Å². The molecule has 8 heteroatoms. The van der Waals surface area contributed by atoms with Crippen LogP contribution in [-0.4, -0.2) is 26.2 Å². The molecule has 1 aromatic heterocycles. The molecule has 1 aliphatic heterocycles. The highest BCUT2D eigenvalue weighted by Gasteiger charge is 2.28. The van der Waals surface area contributed by atoms with E-state index in [9.17, 15) is 8.78 Å². The standard InChI is InChI=1S/C14H18ClF2N3OS/c1-4-20-12(15)9(11(18-20)13(16)17)6-5-7-22-10-8-14(2,3)21-19-10/h5-6,13H,4,7-8H2,1-3H3/b6-5+. The van der Waals surface area contributed by atoms with E-state index in [1.165, 1.54) is 16.4 Å². The number of halogens is 3. The molecule has 0 radical (unpaired) electrons. The summed E-state index contributed by atoms with van der Waals surface area (Å²) in [5.41, 5.74) is -0.264. The average molecular weight is 350 g/mol. The first-order valence-electron chi connectivity index (χ1n) is 6.93. The zero-order chi connectivity index (χ0) is 16.3. The predicted octanol–water partition coefficient (Wildman–Crippen LogP) is 4.75. The highest BCUT2D eigenvalue weighted by molar-refractivity contribution is 8.14. The van der Waals surface area contributed by atoms with Crippen molar-refractivity contribution in [1.82, 2.24) is 9.78 Å². The minimum atomic E-state index is -2.65. The smallest absolute Gasteiger partial charge is 0.282 e. The van der Waals surface area contributed by atoms with Crippen LogP contribution in [0.1, 0.15) is 44.9 Å². The summed E-state index contributed by atoms with van der Waals surface area (Å²) in [6, 6.07) is 0. The molecular formula is C14H18ClF2N3OS. The van der Waals surface area contributed by atoms with E-state index in [2.05, 4.69) is 10.3 Å². The second kappa shape index (κ2) is 7.00. The molecule has 1 aliphatic rings. The Morgan fingerprint density at radius 1 is 1.50 bits per heavy atom. The third kappa shape index (κ3) is 4.01. The molecule has 0 fully saturated rings. The minimum absolute atomic E-state index is 0.238. The maximum absolute atomic E-state index is 13.0. The highest BCUT2D eigenvalue weighted by Crippen LogP contribution is 2.30. The Kier molecular flexibility index (Phi) is 5.50. The molecule has 2 rings (SSSR count). The highest BCUT2D eigenvalue weighted by atomic mass is 35.5. The lowest BCUT2D eigenvalue weighted by Crippen LogP contribution is -2.18. The molecule has 0 atom stereocenters. The topological polar surface area (TPSA) is 39.4 Å². The van der Waals surface area contributed by atoms with Crippen LogP contribution < -0.4 is 0 Å². The Bertz CT molecular complexity index is 599. The summed E-state index contributed by atoms with van der Waals surface area (Å²) in [4.78, 5) is 5.27. The molecule has 0 unspecified atom stereocenters. The first-order valence-corrected chi connectivity index (χ1v) is 8.29. The van der Waals surface area contributed by atoms with Gasteiger partial charge in [-0.3, -0.25) is 4.68 Å². The molecule has 0 saturated carbocycles. The second-order valence-electron chi connectivity index (χ2n) is 5.43. The Labute approximate surface area is 137 Å². The quantitative estimate of drug-likeness (QED) is 0.769. The van der Waals surface area contributed by atoms with Gasteiger partial charge in [-0.05, 0) is 20.8 Å². The average Bonchev–Trinajstić information content (AvgIpc) is 2.95. The van der Waals surface area contributed by atoms with Gasteiger partial charge in [-0.2, -0.15) is 5.10 Å². The summed E-state index contributed by atoms with van der Waals surface area (Å²) < 4.78 is 27.3. The van der Waals surface area contributed by atoms with Crippen LogP contribution in [0.25, 0.3) is 6.08 Å². The van der Waals surface area contributed by atoms with Crippen LogP contribution in [0, 0.1) is 0 Å². The number of thioether (sulfide) groups is 1. The van der Waals surface area contributed by atoms with Gasteiger partial charge >= 0.3 is 0 Å². The molecule has 0 amide bonds. The lowest BCUT2D eigenvalue weighted by molar-refractivity contribution is 0.0123. The van der Waals surface area contributed by atoms with Crippen molar-refractivity contribution in [2.45, 2.75) is 45.8 Å². The first kappa shape index (κ1) is 17.3. The minimum Gasteiger partial charge on any atom is -0.389 e. The Balaban J connectivity index is 2.00. The van der Waals surface area contributed by atoms with Gasteiger partial charge in [-0.1, -0.05) is 28.9 Å². The van der Waals surface area contributed by atoms with Crippen LogP contribution in [0.3, 0.4) is 0 Å². The van der Waals surface area contributed by atoms with E-state index in [0.29, 0.717) is 12.3 Å². The molecule has 0 aromatic carbocycles. The Morgan fingerprint density at radius 2 is 2.23 bits per heavy atom. The van der Waals surface area contributed by atoms with Crippen molar-refractivity contribution in [1.29, 1.82) is 0 Å². The van der Waals surface area contributed by atoms with Crippen LogP contribution in [0.4, 0.5) is 8.78 Å². The van der Waals surface area contributed by atoms with E-state index in [1.807, 2.05) is 13.8 Å². The molecule has 0 spiro atoms. The fraction of sp³-hybridized carbons (Fsp3) is 0.571. The van der Waals surface area contributed by atoms with Crippen LogP contribution in [0.5, 0.6) is 0 Å². The van der Waals surface area contributed by atoms with Gasteiger partial charge in [0.05, 0.1) is 0 Å². The van der Waals surface area contributed by atoms with Crippen molar-refractivity contribution < 1.29 is 13.6 Å². The lowest BCUT2D eigenvalue weighted by Gasteiger charge is -2.12. The summed E-state index contributed by atoms with van der Waals surface area (Å²) in [6.07, 6.45) is 1.48. The zero-order valence-electron chi connectivity index (χ0n) is 12.6. The molecular weight excluding hydrogens is 332 g/mol. The summed E-state index contributed by atoms with van der Waals surface area (Å²) in [5.74, 6) is 0.606. The van der Waals surface area contributed by atoms with E-state index in [1.54, 1.807) is 19.1 Å². The fourth-order valence-corrected chi connectivity index (χ4v) is 3.23. The molecule has 0 bridgehead atoms. The molecule has 2 heterocycles. The van der Waals surface area contributed by atoms with Gasteiger partial charge in [0.1, 0.15) is 21.5 Å². The van der Waals surface area contributed by atoms with Crippen molar-refractivity contribution in [3.8, 4) is 0 Å². The predicted molar refractivity (Wildman–Crippen MR) is 86.6 cm³/mol. The number of aryl methyl sites for hydroxylation is 1. The molecule has 1 aromatic rings. The fourth-order valence-electron chi connectivity index (χ4n) is 1.99. The van der Waals surface area contributed by atoms with Gasteiger partial charge in [-0.15, -0.1) is 11.8 Å². The monoisotopic (exact) mass is 349 g/mol. The number of alkyl halides is 2. The van der Waals surface area contributed by atoms with Crippen LogP contribution >= 0.6 is 23.4 Å². The number of hydrogen-bond donors (Lipinski definition) is 0. The van der Waals surface area contributed by atoms with Gasteiger partial charge in [0, 0.05) is 24.3 Å². The maximum atomic E-state index is 13.0. The van der Waals surface area contributed by atoms with Crippen molar-refractivity contribution in [3.63, 3.8) is 0 Å². The van der Waals surface area contributed by atoms with E-state index in [-0.39, 0.29) is 22.0 Å². The van der Waals surface area contributed by atoms with Crippen molar-refractivity contribution in [2.75, 3.05) is 5.75 Å². The summed E-state index contributed by atoms with van der Waals surface area (Å²) >= 11 is 7.60. The lowest BCUT2D eigenvalue weighted by atomic mass is 10.1. The van der Waals surface area contributed by atoms with Crippen LogP contribution in [0.15, 0.2) is 11.2 Å². The van der Waals surface area contributed by atoms with Gasteiger partial charge in [0.2, 0.25) is 0 Å². The normalized spacial score (nSPS) is 17.3. The van der Waals surface area contributed by atoms with Crippen LogP contribution in [-0.2, 0) is 11.4 Å². The number of oxime groups is 1. The zero-order valence-corrected chi connectivity index (χ0v) is 14.2. The molecule has 4 nitrogen and oxygen atoms in total. The third-order valence-corrected chi connectivity index (χ3v) is 4.37. The SMILES string of the molecule is CCn1nc(C(F)F)c(/C=C/CSC2=NOC(C)(C)C2)c1Cl. The summed E-state index contributed by atoms with van der Waals surface area (Å²) in [6.45, 7) is 6.18. The van der Waals surface area contributed by atoms with E-state index in [0.717, 1.165) is 11.5 Å². The van der Waals surface area contributed by atoms with E-state index >= 15 is 0 Å². The number of rotatable bonds is 5. The van der Waals surface area contributed by atoms with Crippen LogP contribution in [0.2, 0.25) is 5.15 Å². The third-order valence-electron chi connectivity index (χ3n) is 3.06. The van der Waals surface area contributed by atoms with Gasteiger partial charge in [0.25, 0.3) is 6.43 Å². The number of nitrogens with zero attached hydrogens (tertiary/aromatic N) is 3. The number of hydrogen-bond acceptors (Lipinski definition) is 4. The Hall–Kier alpha value is -1.08. The van der Waals surface area contributed by atoms with E-state index < -0.39 is 6.43 Å². The largest absolute Gasteiger partial charge is 0.389 e. The Morgan fingerprint density at radius 3 is 2.77 bits per heavy atom. The van der Waals surface area contributed by atoms with Gasteiger partial charge in [0.15, 0.2) is 0 Å². The molecule has 0 aliphatic carbocycles. The number of aromatic nitrogens is 2. The van der Waals surface area contributed by atoms with E-state index in [4.69, 9.17) is 16.4 Å². The van der Waals surface area contributed by atoms with Crippen molar-refractivity contribution in [2.24, 2.45) is 5.16 Å².